The molecule has 4 nitrogen and oxygen atoms in total. The smallest absolute Gasteiger partial charge is 0.122 e. The number of rotatable bonds is 3. The third-order valence-corrected chi connectivity index (χ3v) is 15.0. The molecule has 0 bridgehead atoms. The maximum absolute atomic E-state index is 7.13. The zero-order valence-electron chi connectivity index (χ0n) is 26.4. The van der Waals surface area contributed by atoms with Gasteiger partial charge in [0.25, 0.3) is 0 Å². The molecule has 4 aliphatic carbocycles. The maximum atomic E-state index is 7.13. The van der Waals surface area contributed by atoms with E-state index >= 15 is 0 Å². The van der Waals surface area contributed by atoms with Crippen LogP contribution in [-0.2, 0) is 17.7 Å². The van der Waals surface area contributed by atoms with E-state index in [4.69, 9.17) is 4.74 Å². The highest BCUT2D eigenvalue weighted by molar-refractivity contribution is 5.30. The Morgan fingerprint density at radius 1 is 0.902 bits per heavy atom. The molecular weight excluding hydrogens is 502 g/mol. The van der Waals surface area contributed by atoms with Crippen LogP contribution in [0.1, 0.15) is 103 Å². The minimum atomic E-state index is -0.0295. The molecule has 1 unspecified atom stereocenters. The van der Waals surface area contributed by atoms with Crippen molar-refractivity contribution in [1.29, 1.82) is 0 Å². The molecule has 2 saturated heterocycles. The van der Waals surface area contributed by atoms with Gasteiger partial charge in [-0.05, 0) is 128 Å². The predicted molar refractivity (Wildman–Crippen MR) is 166 cm³/mol. The van der Waals surface area contributed by atoms with Crippen molar-refractivity contribution >= 4 is 0 Å². The van der Waals surface area contributed by atoms with Gasteiger partial charge in [0, 0.05) is 37.6 Å². The van der Waals surface area contributed by atoms with Gasteiger partial charge in [-0.25, -0.2) is 0 Å². The Labute approximate surface area is 249 Å². The van der Waals surface area contributed by atoms with Crippen LogP contribution in [0.15, 0.2) is 24.3 Å². The molecule has 6 fully saturated rings. The van der Waals surface area contributed by atoms with Crippen molar-refractivity contribution in [3.8, 4) is 0 Å². The van der Waals surface area contributed by atoms with Crippen molar-refractivity contribution in [3.05, 3.63) is 35.4 Å². The van der Waals surface area contributed by atoms with Gasteiger partial charge < -0.3 is 15.4 Å². The molecular formula is C37H57N3O. The van der Waals surface area contributed by atoms with Gasteiger partial charge in [-0.15, -0.1) is 0 Å². The molecule has 226 valence electrons. The molecule has 3 N–H and O–H groups in total. The lowest BCUT2D eigenvalue weighted by atomic mass is 9.44. The highest BCUT2D eigenvalue weighted by atomic mass is 16.5. The summed E-state index contributed by atoms with van der Waals surface area (Å²) in [6.07, 6.45) is 15.6. The standard InChI is InChI=1S/C37H57N3O/c1-23-11-16-37(40-20-23)24(2)34-33(41-37)19-32-30-10-9-27-18-28(12-14-35(27,3)31(30)13-15-36(32,34)4)39-22-29-17-25-7-5-6-8-26(25)21-38-29/h5-8,23-24,27-34,38-40H,9-22H2,1-4H3/t23-,24-,27-,28?,29-,30+,31-,32-,33-,34-,35-,36-,37-/m0/s1. The Balaban J connectivity index is 0.913. The van der Waals surface area contributed by atoms with Gasteiger partial charge in [-0.1, -0.05) is 52.0 Å². The molecule has 3 aliphatic heterocycles. The van der Waals surface area contributed by atoms with Crippen LogP contribution in [0.2, 0.25) is 0 Å². The van der Waals surface area contributed by atoms with E-state index in [1.54, 1.807) is 5.56 Å². The van der Waals surface area contributed by atoms with Crippen molar-refractivity contribution < 1.29 is 4.74 Å². The predicted octanol–water partition coefficient (Wildman–Crippen LogP) is 6.68. The second kappa shape index (κ2) is 10.0. The Hall–Kier alpha value is -0.940. The average molecular weight is 560 g/mol. The summed E-state index contributed by atoms with van der Waals surface area (Å²) in [5.41, 5.74) is 4.04. The van der Waals surface area contributed by atoms with E-state index in [1.165, 1.54) is 76.2 Å². The van der Waals surface area contributed by atoms with Crippen LogP contribution < -0.4 is 16.0 Å². The van der Waals surface area contributed by atoms with Gasteiger partial charge in [0.2, 0.25) is 0 Å². The van der Waals surface area contributed by atoms with E-state index in [0.29, 0.717) is 34.9 Å². The Morgan fingerprint density at radius 3 is 2.56 bits per heavy atom. The van der Waals surface area contributed by atoms with E-state index in [1.807, 2.05) is 0 Å². The quantitative estimate of drug-likeness (QED) is 0.387. The Bertz CT molecular complexity index is 1130. The number of fused-ring (bicyclic) bond motifs is 8. The van der Waals surface area contributed by atoms with Crippen LogP contribution in [0.3, 0.4) is 0 Å². The third-order valence-electron chi connectivity index (χ3n) is 15.0. The second-order valence-corrected chi connectivity index (χ2v) is 16.8. The monoisotopic (exact) mass is 559 g/mol. The van der Waals surface area contributed by atoms with Crippen LogP contribution in [0.4, 0.5) is 0 Å². The molecule has 1 spiro atoms. The van der Waals surface area contributed by atoms with E-state index in [0.717, 1.165) is 55.1 Å². The fourth-order valence-electron chi connectivity index (χ4n) is 12.6. The van der Waals surface area contributed by atoms with Gasteiger partial charge in [0.05, 0.1) is 6.10 Å². The highest BCUT2D eigenvalue weighted by Gasteiger charge is 2.68. The van der Waals surface area contributed by atoms with Gasteiger partial charge in [0.1, 0.15) is 5.72 Å². The highest BCUT2D eigenvalue weighted by Crippen LogP contribution is 2.71. The first-order valence-electron chi connectivity index (χ1n) is 17.8. The lowest BCUT2D eigenvalue weighted by molar-refractivity contribution is -0.134. The van der Waals surface area contributed by atoms with E-state index in [-0.39, 0.29) is 5.72 Å². The van der Waals surface area contributed by atoms with Crippen molar-refractivity contribution in [2.75, 3.05) is 13.1 Å². The van der Waals surface area contributed by atoms with Crippen LogP contribution in [0.5, 0.6) is 0 Å². The lowest BCUT2D eigenvalue weighted by Gasteiger charge is -2.61. The van der Waals surface area contributed by atoms with Crippen LogP contribution in [0.25, 0.3) is 0 Å². The van der Waals surface area contributed by atoms with Gasteiger partial charge in [0.15, 0.2) is 0 Å². The van der Waals surface area contributed by atoms with Crippen molar-refractivity contribution in [3.63, 3.8) is 0 Å². The number of piperidine rings is 1. The molecule has 13 atom stereocenters. The average Bonchev–Trinajstić information content (AvgIpc) is 3.43. The SMILES string of the molecule is C[C@H]1CC[C@]2(NC1)O[C@H]1C[C@H]3[C@@H]4CC[C@H]5CC(NC[C@@H]6Cc7ccccc7CN6)CC[C@]5(C)[C@H]4CC[C@]3(C)[C@H]1[C@@H]2C. The molecule has 4 saturated carbocycles. The van der Waals surface area contributed by atoms with Gasteiger partial charge in [-0.3, -0.25) is 5.32 Å². The second-order valence-electron chi connectivity index (χ2n) is 16.8. The fraction of sp³-hybridized carbons (Fsp3) is 0.838. The van der Waals surface area contributed by atoms with E-state index in [2.05, 4.69) is 67.9 Å². The van der Waals surface area contributed by atoms with Crippen LogP contribution in [-0.4, -0.2) is 37.0 Å². The first-order chi connectivity index (χ1) is 19.8. The minimum absolute atomic E-state index is 0.0295. The number of benzene rings is 1. The first kappa shape index (κ1) is 27.6. The molecule has 7 aliphatic rings. The molecule has 41 heavy (non-hydrogen) atoms. The molecule has 8 rings (SSSR count). The topological polar surface area (TPSA) is 45.3 Å². The first-order valence-corrected chi connectivity index (χ1v) is 17.8. The molecule has 4 heteroatoms. The van der Waals surface area contributed by atoms with Crippen molar-refractivity contribution in [2.45, 2.75) is 129 Å². The maximum Gasteiger partial charge on any atom is 0.122 e. The summed E-state index contributed by atoms with van der Waals surface area (Å²) < 4.78 is 7.13. The Morgan fingerprint density at radius 2 is 1.73 bits per heavy atom. The summed E-state index contributed by atoms with van der Waals surface area (Å²) in [7, 11) is 0. The summed E-state index contributed by atoms with van der Waals surface area (Å²) in [5.74, 6) is 5.85. The summed E-state index contributed by atoms with van der Waals surface area (Å²) >= 11 is 0. The molecule has 1 aromatic rings. The molecule has 0 radical (unpaired) electrons. The number of hydrogen-bond donors (Lipinski definition) is 3. The number of ether oxygens (including phenoxy) is 1. The molecule has 3 heterocycles. The van der Waals surface area contributed by atoms with Gasteiger partial charge >= 0.3 is 0 Å². The fourth-order valence-corrected chi connectivity index (χ4v) is 12.6. The zero-order chi connectivity index (χ0) is 28.0. The molecule has 0 amide bonds. The summed E-state index contributed by atoms with van der Waals surface area (Å²) in [5, 5.41) is 11.8. The largest absolute Gasteiger partial charge is 0.357 e. The van der Waals surface area contributed by atoms with Crippen molar-refractivity contribution in [1.82, 2.24) is 16.0 Å². The Kier molecular flexibility index (Phi) is 6.76. The van der Waals surface area contributed by atoms with Gasteiger partial charge in [-0.2, -0.15) is 0 Å². The summed E-state index contributed by atoms with van der Waals surface area (Å²) in [6, 6.07) is 10.3. The summed E-state index contributed by atoms with van der Waals surface area (Å²) in [4.78, 5) is 0. The lowest BCUT2D eigenvalue weighted by Crippen LogP contribution is -2.58. The zero-order valence-corrected chi connectivity index (χ0v) is 26.4. The molecule has 0 aromatic heterocycles. The van der Waals surface area contributed by atoms with E-state index in [9.17, 15) is 0 Å². The van der Waals surface area contributed by atoms with E-state index < -0.39 is 0 Å². The third kappa shape index (κ3) is 4.27. The van der Waals surface area contributed by atoms with Crippen molar-refractivity contribution in [2.24, 2.45) is 52.3 Å². The minimum Gasteiger partial charge on any atom is -0.357 e. The van der Waals surface area contributed by atoms with Crippen LogP contribution in [0, 0.1) is 52.3 Å². The normalized spacial score (nSPS) is 52.3. The van der Waals surface area contributed by atoms with Crippen LogP contribution >= 0.6 is 0 Å². The summed E-state index contributed by atoms with van der Waals surface area (Å²) in [6.45, 7) is 13.7. The molecule has 1 aromatic carbocycles. The number of nitrogens with one attached hydrogen (secondary N) is 3. The number of hydrogen-bond acceptors (Lipinski definition) is 4.